The predicted octanol–water partition coefficient (Wildman–Crippen LogP) is 0.883. The van der Waals surface area contributed by atoms with Crippen molar-refractivity contribution in [3.05, 3.63) is 40.3 Å². The van der Waals surface area contributed by atoms with Crippen LogP contribution in [-0.4, -0.2) is 32.8 Å². The van der Waals surface area contributed by atoms with Crippen molar-refractivity contribution in [2.45, 2.75) is 0 Å². The average Bonchev–Trinajstić information content (AvgIpc) is 2.83. The van der Waals surface area contributed by atoms with Crippen molar-refractivity contribution in [1.29, 1.82) is 0 Å². The first-order chi connectivity index (χ1) is 9.11. The van der Waals surface area contributed by atoms with Gasteiger partial charge in [0, 0.05) is 6.07 Å². The molecule has 0 aliphatic carbocycles. The number of carboxylic acids is 1. The van der Waals surface area contributed by atoms with E-state index >= 15 is 0 Å². The second kappa shape index (κ2) is 3.84. The highest BCUT2D eigenvalue weighted by Crippen LogP contribution is 2.21. The molecule has 96 valence electrons. The minimum Gasteiger partial charge on any atom is -0.494 e. The first kappa shape index (κ1) is 11.3. The first-order valence-corrected chi connectivity index (χ1v) is 5.43. The topological polar surface area (TPSA) is 96.7 Å². The van der Waals surface area contributed by atoms with E-state index in [9.17, 15) is 9.59 Å². The molecule has 1 aromatic carbocycles. The van der Waals surface area contributed by atoms with E-state index in [1.165, 1.54) is 13.2 Å². The molecule has 0 amide bonds. The van der Waals surface area contributed by atoms with E-state index in [1.807, 2.05) is 0 Å². The number of rotatable bonds is 2. The Morgan fingerprint density at radius 3 is 2.95 bits per heavy atom. The lowest BCUT2D eigenvalue weighted by molar-refractivity contribution is 0.0690. The standard InChI is InChI=1S/C12H9N3O4/c1-19-8-4-2-3-6-10(8)13-9-5-7(12(17)18)14-15(9)11(6)16/h2-5,14H,1H3,(H,17,18). The summed E-state index contributed by atoms with van der Waals surface area (Å²) >= 11 is 0. The molecule has 7 heteroatoms. The van der Waals surface area contributed by atoms with Gasteiger partial charge in [-0.05, 0) is 12.1 Å². The van der Waals surface area contributed by atoms with Crippen molar-refractivity contribution < 1.29 is 14.6 Å². The third-order valence-electron chi connectivity index (χ3n) is 2.84. The number of aromatic carboxylic acids is 1. The van der Waals surface area contributed by atoms with Crippen LogP contribution in [0, 0.1) is 0 Å². The van der Waals surface area contributed by atoms with Gasteiger partial charge in [0.05, 0.1) is 12.5 Å². The lowest BCUT2D eigenvalue weighted by Crippen LogP contribution is -2.16. The third-order valence-corrected chi connectivity index (χ3v) is 2.84. The maximum atomic E-state index is 12.2. The van der Waals surface area contributed by atoms with Crippen LogP contribution in [0.25, 0.3) is 16.6 Å². The number of benzene rings is 1. The van der Waals surface area contributed by atoms with Crippen LogP contribution in [0.5, 0.6) is 5.75 Å². The Balaban J connectivity index is 2.49. The molecular formula is C12H9N3O4. The smallest absolute Gasteiger partial charge is 0.353 e. The summed E-state index contributed by atoms with van der Waals surface area (Å²) in [5.74, 6) is -0.684. The fraction of sp³-hybridized carbons (Fsp3) is 0.0833. The highest BCUT2D eigenvalue weighted by Gasteiger charge is 2.14. The number of H-pyrrole nitrogens is 1. The van der Waals surface area contributed by atoms with Gasteiger partial charge < -0.3 is 9.84 Å². The molecule has 0 fully saturated rings. The number of para-hydroxylation sites is 1. The molecule has 3 aromatic rings. The van der Waals surface area contributed by atoms with Gasteiger partial charge in [0.1, 0.15) is 17.0 Å². The minimum atomic E-state index is -1.15. The zero-order valence-corrected chi connectivity index (χ0v) is 9.88. The Kier molecular flexibility index (Phi) is 2.28. The summed E-state index contributed by atoms with van der Waals surface area (Å²) in [6.07, 6.45) is 0. The third kappa shape index (κ3) is 1.55. The highest BCUT2D eigenvalue weighted by molar-refractivity contribution is 5.89. The number of nitrogens with one attached hydrogen (secondary N) is 1. The molecule has 0 aliphatic rings. The van der Waals surface area contributed by atoms with Crippen molar-refractivity contribution in [3.8, 4) is 5.75 Å². The minimum absolute atomic E-state index is 0.0983. The van der Waals surface area contributed by atoms with Gasteiger partial charge in [-0.25, -0.2) is 14.3 Å². The quantitative estimate of drug-likeness (QED) is 0.712. The van der Waals surface area contributed by atoms with Crippen molar-refractivity contribution >= 4 is 22.5 Å². The molecule has 3 rings (SSSR count). The summed E-state index contributed by atoms with van der Waals surface area (Å²) in [4.78, 5) is 27.4. The zero-order chi connectivity index (χ0) is 13.6. The van der Waals surface area contributed by atoms with E-state index in [0.29, 0.717) is 16.7 Å². The summed E-state index contributed by atoms with van der Waals surface area (Å²) in [6.45, 7) is 0. The first-order valence-electron chi connectivity index (χ1n) is 5.43. The lowest BCUT2D eigenvalue weighted by Gasteiger charge is -2.03. The van der Waals surface area contributed by atoms with Crippen LogP contribution in [0.3, 0.4) is 0 Å². The Morgan fingerprint density at radius 2 is 2.26 bits per heavy atom. The number of aromatic amines is 1. The number of methoxy groups -OCH3 is 1. The van der Waals surface area contributed by atoms with Gasteiger partial charge in [-0.2, -0.15) is 0 Å². The molecule has 0 aliphatic heterocycles. The second-order valence-corrected chi connectivity index (χ2v) is 3.94. The van der Waals surface area contributed by atoms with Crippen molar-refractivity contribution in [1.82, 2.24) is 14.6 Å². The second-order valence-electron chi connectivity index (χ2n) is 3.94. The van der Waals surface area contributed by atoms with Crippen LogP contribution < -0.4 is 10.3 Å². The summed E-state index contributed by atoms with van der Waals surface area (Å²) < 4.78 is 6.25. The van der Waals surface area contributed by atoms with Gasteiger partial charge in [-0.15, -0.1) is 0 Å². The molecule has 19 heavy (non-hydrogen) atoms. The van der Waals surface area contributed by atoms with Gasteiger partial charge >= 0.3 is 5.97 Å². The van der Waals surface area contributed by atoms with E-state index in [4.69, 9.17) is 9.84 Å². The van der Waals surface area contributed by atoms with Crippen LogP contribution in [0.2, 0.25) is 0 Å². The molecule has 2 heterocycles. The molecule has 0 spiro atoms. The summed E-state index contributed by atoms with van der Waals surface area (Å²) in [7, 11) is 1.48. The average molecular weight is 259 g/mol. The Hall–Kier alpha value is -2.83. The van der Waals surface area contributed by atoms with E-state index in [2.05, 4.69) is 10.1 Å². The molecule has 0 saturated carbocycles. The number of hydrogen-bond acceptors (Lipinski definition) is 4. The van der Waals surface area contributed by atoms with Crippen LogP contribution in [-0.2, 0) is 0 Å². The van der Waals surface area contributed by atoms with Crippen LogP contribution in [0.4, 0.5) is 0 Å². The number of hydrogen-bond donors (Lipinski definition) is 2. The van der Waals surface area contributed by atoms with Crippen LogP contribution in [0.1, 0.15) is 10.5 Å². The van der Waals surface area contributed by atoms with E-state index < -0.39 is 5.97 Å². The van der Waals surface area contributed by atoms with Crippen LogP contribution >= 0.6 is 0 Å². The van der Waals surface area contributed by atoms with E-state index in [1.54, 1.807) is 18.2 Å². The summed E-state index contributed by atoms with van der Waals surface area (Å²) in [5, 5.41) is 11.8. The van der Waals surface area contributed by atoms with Crippen molar-refractivity contribution in [2.24, 2.45) is 0 Å². The molecule has 7 nitrogen and oxygen atoms in total. The summed E-state index contributed by atoms with van der Waals surface area (Å²) in [5.41, 5.74) is 0.176. The molecule has 0 radical (unpaired) electrons. The Morgan fingerprint density at radius 1 is 1.47 bits per heavy atom. The zero-order valence-electron chi connectivity index (χ0n) is 9.88. The predicted molar refractivity (Wildman–Crippen MR) is 66.8 cm³/mol. The van der Waals surface area contributed by atoms with E-state index in [-0.39, 0.29) is 16.9 Å². The monoisotopic (exact) mass is 259 g/mol. The fourth-order valence-electron chi connectivity index (χ4n) is 1.96. The Labute approximate surface area is 106 Å². The number of fused-ring (bicyclic) bond motifs is 2. The van der Waals surface area contributed by atoms with Gasteiger partial charge in [0.15, 0.2) is 5.65 Å². The lowest BCUT2D eigenvalue weighted by atomic mass is 10.2. The SMILES string of the molecule is COc1cccc2c(=O)n3[nH]c(C(=O)O)cc3nc12. The molecular weight excluding hydrogens is 250 g/mol. The Bertz CT molecular complexity index is 862. The number of aromatic nitrogens is 3. The van der Waals surface area contributed by atoms with Gasteiger partial charge in [0.2, 0.25) is 0 Å². The summed E-state index contributed by atoms with van der Waals surface area (Å²) in [6, 6.07) is 6.28. The normalized spacial score (nSPS) is 11.0. The molecule has 0 saturated heterocycles. The number of carbonyl (C=O) groups is 1. The highest BCUT2D eigenvalue weighted by atomic mass is 16.5. The largest absolute Gasteiger partial charge is 0.494 e. The van der Waals surface area contributed by atoms with Gasteiger partial charge in [-0.3, -0.25) is 9.89 Å². The number of carboxylic acid groups (broad SMARTS) is 1. The number of nitrogens with zero attached hydrogens (tertiary/aromatic N) is 2. The molecule has 2 aromatic heterocycles. The maximum absolute atomic E-state index is 12.2. The molecule has 0 bridgehead atoms. The number of ether oxygens (including phenoxy) is 1. The van der Waals surface area contributed by atoms with Crippen molar-refractivity contribution in [2.75, 3.05) is 7.11 Å². The fourth-order valence-corrected chi connectivity index (χ4v) is 1.96. The van der Waals surface area contributed by atoms with Crippen molar-refractivity contribution in [3.63, 3.8) is 0 Å². The maximum Gasteiger partial charge on any atom is 0.353 e. The molecule has 0 atom stereocenters. The molecule has 0 unspecified atom stereocenters. The van der Waals surface area contributed by atoms with Gasteiger partial charge in [-0.1, -0.05) is 6.07 Å². The van der Waals surface area contributed by atoms with Gasteiger partial charge in [0.25, 0.3) is 5.56 Å². The van der Waals surface area contributed by atoms with E-state index in [0.717, 1.165) is 4.52 Å². The molecule has 2 N–H and O–H groups in total. The van der Waals surface area contributed by atoms with Crippen LogP contribution in [0.15, 0.2) is 29.1 Å².